The summed E-state index contributed by atoms with van der Waals surface area (Å²) in [6.07, 6.45) is 3.91. The Morgan fingerprint density at radius 1 is 1.30 bits per heavy atom. The second kappa shape index (κ2) is 6.80. The first-order valence-electron chi connectivity index (χ1n) is 9.20. The molecule has 4 rings (SSSR count). The third-order valence-electron chi connectivity index (χ3n) is 5.33. The van der Waals surface area contributed by atoms with E-state index in [-0.39, 0.29) is 17.6 Å². The van der Waals surface area contributed by atoms with Crippen molar-refractivity contribution in [3.05, 3.63) is 39.9 Å². The first kappa shape index (κ1) is 17.7. The quantitative estimate of drug-likeness (QED) is 0.877. The Morgan fingerprint density at radius 2 is 2.07 bits per heavy atom. The number of carbonyl (C=O) groups excluding carboxylic acids is 1. The summed E-state index contributed by atoms with van der Waals surface area (Å²) in [5.74, 6) is 1.74. The number of likely N-dealkylation sites (N-methyl/N-ethyl adjacent to an activating group) is 1. The zero-order valence-electron chi connectivity index (χ0n) is 15.8. The Labute approximate surface area is 156 Å². The Kier molecular flexibility index (Phi) is 4.47. The van der Waals surface area contributed by atoms with E-state index in [1.54, 1.807) is 18.1 Å². The Morgan fingerprint density at radius 3 is 2.81 bits per heavy atom. The number of aromatic nitrogens is 3. The van der Waals surface area contributed by atoms with Crippen LogP contribution >= 0.6 is 0 Å². The summed E-state index contributed by atoms with van der Waals surface area (Å²) in [6, 6.07) is 1.37. The smallest absolute Gasteiger partial charge is 0.322 e. The van der Waals surface area contributed by atoms with Crippen molar-refractivity contribution in [1.29, 1.82) is 0 Å². The minimum atomic E-state index is -0.290. The van der Waals surface area contributed by atoms with Crippen LogP contribution in [-0.2, 0) is 7.05 Å². The van der Waals surface area contributed by atoms with Gasteiger partial charge in [0.1, 0.15) is 11.7 Å². The van der Waals surface area contributed by atoms with Crippen molar-refractivity contribution in [2.75, 3.05) is 32.0 Å². The predicted octanol–water partition coefficient (Wildman–Crippen LogP) is 1.47. The van der Waals surface area contributed by atoms with Gasteiger partial charge in [-0.15, -0.1) is 0 Å². The normalized spacial score (nSPS) is 20.7. The van der Waals surface area contributed by atoms with E-state index >= 15 is 0 Å². The van der Waals surface area contributed by atoms with Crippen molar-refractivity contribution in [1.82, 2.24) is 24.5 Å². The summed E-state index contributed by atoms with van der Waals surface area (Å²) in [7, 11) is 3.65. The van der Waals surface area contributed by atoms with Gasteiger partial charge in [-0.05, 0) is 38.4 Å². The van der Waals surface area contributed by atoms with Gasteiger partial charge in [0.05, 0.1) is 0 Å². The first-order valence-corrected chi connectivity index (χ1v) is 9.20. The van der Waals surface area contributed by atoms with Crippen molar-refractivity contribution in [2.24, 2.45) is 7.05 Å². The zero-order chi connectivity index (χ0) is 19.1. The summed E-state index contributed by atoms with van der Waals surface area (Å²) < 4.78 is 6.91. The van der Waals surface area contributed by atoms with Gasteiger partial charge in [-0.3, -0.25) is 9.69 Å². The summed E-state index contributed by atoms with van der Waals surface area (Å²) in [4.78, 5) is 33.4. The zero-order valence-corrected chi connectivity index (χ0v) is 15.8. The fourth-order valence-corrected chi connectivity index (χ4v) is 3.27. The van der Waals surface area contributed by atoms with Crippen LogP contribution in [0.2, 0.25) is 0 Å². The molecule has 9 nitrogen and oxygen atoms in total. The topological polar surface area (TPSA) is 96.5 Å². The number of aryl methyl sites for hydroxylation is 2. The molecule has 0 bridgehead atoms. The number of hydrogen-bond acceptors (Lipinski definition) is 6. The minimum absolute atomic E-state index is 0.149. The molecular weight excluding hydrogens is 348 g/mol. The molecule has 2 amide bonds. The first-order chi connectivity index (χ1) is 12.9. The van der Waals surface area contributed by atoms with Gasteiger partial charge in [-0.2, -0.15) is 4.98 Å². The molecule has 27 heavy (non-hydrogen) atoms. The maximum atomic E-state index is 12.8. The average molecular weight is 372 g/mol. The fourth-order valence-electron chi connectivity index (χ4n) is 3.27. The van der Waals surface area contributed by atoms with Crippen molar-refractivity contribution < 1.29 is 9.32 Å². The Hall–Kier alpha value is -2.68. The molecule has 0 aromatic carbocycles. The lowest BCUT2D eigenvalue weighted by Gasteiger charge is -2.37. The molecule has 0 spiro atoms. The van der Waals surface area contributed by atoms with Gasteiger partial charge in [-0.1, -0.05) is 5.16 Å². The fraction of sp³-hybridized carbons (Fsp3) is 0.556. The highest BCUT2D eigenvalue weighted by molar-refractivity contribution is 5.90. The molecule has 0 unspecified atom stereocenters. The van der Waals surface area contributed by atoms with Crippen molar-refractivity contribution >= 4 is 11.7 Å². The van der Waals surface area contributed by atoms with Crippen molar-refractivity contribution in [3.63, 3.8) is 0 Å². The van der Waals surface area contributed by atoms with E-state index in [0.29, 0.717) is 37.1 Å². The number of hydrogen-bond donors (Lipinski definition) is 1. The molecule has 2 aromatic rings. The molecule has 1 saturated heterocycles. The average Bonchev–Trinajstić information content (AvgIpc) is 3.39. The van der Waals surface area contributed by atoms with E-state index in [4.69, 9.17) is 4.52 Å². The van der Waals surface area contributed by atoms with E-state index in [1.807, 2.05) is 20.0 Å². The third kappa shape index (κ3) is 3.46. The number of pyridine rings is 1. The molecule has 1 N–H and O–H groups in total. The van der Waals surface area contributed by atoms with Crippen molar-refractivity contribution in [3.8, 4) is 0 Å². The molecule has 3 heterocycles. The lowest BCUT2D eigenvalue weighted by atomic mass is 10.2. The second-order valence-electron chi connectivity index (χ2n) is 7.43. The summed E-state index contributed by atoms with van der Waals surface area (Å²) >= 11 is 0. The predicted molar refractivity (Wildman–Crippen MR) is 98.7 cm³/mol. The molecule has 9 heteroatoms. The molecule has 1 aliphatic heterocycles. The number of nitrogens with zero attached hydrogens (tertiary/aromatic N) is 5. The molecule has 1 saturated carbocycles. The molecular formula is C18H24N6O3. The summed E-state index contributed by atoms with van der Waals surface area (Å²) in [5.41, 5.74) is 0.831. The van der Waals surface area contributed by atoms with Gasteiger partial charge >= 0.3 is 6.03 Å². The SMILES string of the molecule is Cc1ccn(C)c(=O)c1NC(=O)N1CCN(C)[C@@H](c2nc(C3CC3)no2)C1. The van der Waals surface area contributed by atoms with Crippen molar-refractivity contribution in [2.45, 2.75) is 31.7 Å². The minimum Gasteiger partial charge on any atom is -0.338 e. The Balaban J connectivity index is 1.49. The number of nitrogens with one attached hydrogen (secondary N) is 1. The summed E-state index contributed by atoms with van der Waals surface area (Å²) in [6.45, 7) is 3.49. The number of anilines is 1. The molecule has 2 aromatic heterocycles. The monoisotopic (exact) mass is 372 g/mol. The van der Waals surface area contributed by atoms with Crippen LogP contribution in [0.25, 0.3) is 0 Å². The van der Waals surface area contributed by atoms with Crippen LogP contribution in [0.4, 0.5) is 10.5 Å². The van der Waals surface area contributed by atoms with Crippen LogP contribution in [0, 0.1) is 6.92 Å². The van der Waals surface area contributed by atoms with Gasteiger partial charge in [-0.25, -0.2) is 4.79 Å². The van der Waals surface area contributed by atoms with E-state index < -0.39 is 0 Å². The van der Waals surface area contributed by atoms with Gasteiger partial charge in [0.2, 0.25) is 5.89 Å². The van der Waals surface area contributed by atoms with Crippen LogP contribution in [0.5, 0.6) is 0 Å². The van der Waals surface area contributed by atoms with E-state index in [9.17, 15) is 9.59 Å². The standard InChI is InChI=1S/C18H24N6O3/c1-11-6-7-23(3)17(25)14(11)19-18(26)24-9-8-22(2)13(10-24)16-20-15(21-27-16)12-4-5-12/h6-7,12-13H,4-5,8-10H2,1-3H3,(H,19,26)/t13-/m1/s1. The maximum absolute atomic E-state index is 12.8. The maximum Gasteiger partial charge on any atom is 0.322 e. The van der Waals surface area contributed by atoms with Crippen LogP contribution in [0.3, 0.4) is 0 Å². The van der Waals surface area contributed by atoms with Gasteiger partial charge in [0.15, 0.2) is 5.82 Å². The highest BCUT2D eigenvalue weighted by Crippen LogP contribution is 2.38. The number of piperazine rings is 1. The van der Waals surface area contributed by atoms with Crippen LogP contribution < -0.4 is 10.9 Å². The highest BCUT2D eigenvalue weighted by Gasteiger charge is 2.35. The molecule has 1 aliphatic carbocycles. The third-order valence-corrected chi connectivity index (χ3v) is 5.33. The van der Waals surface area contributed by atoms with Gasteiger partial charge in [0, 0.05) is 38.8 Å². The van der Waals surface area contributed by atoms with Gasteiger partial charge in [0.25, 0.3) is 5.56 Å². The number of carbonyl (C=O) groups is 1. The summed E-state index contributed by atoms with van der Waals surface area (Å²) in [5, 5.41) is 6.86. The second-order valence-corrected chi connectivity index (χ2v) is 7.43. The molecule has 2 aliphatic rings. The lowest BCUT2D eigenvalue weighted by Crippen LogP contribution is -2.50. The number of urea groups is 1. The largest absolute Gasteiger partial charge is 0.338 e. The lowest BCUT2D eigenvalue weighted by molar-refractivity contribution is 0.0960. The van der Waals surface area contributed by atoms with Crippen LogP contribution in [0.15, 0.2) is 21.6 Å². The number of amides is 2. The molecule has 2 fully saturated rings. The molecule has 1 atom stereocenters. The van der Waals surface area contributed by atoms with E-state index in [2.05, 4.69) is 20.4 Å². The Bertz CT molecular complexity index is 916. The molecule has 144 valence electrons. The number of rotatable bonds is 3. The highest BCUT2D eigenvalue weighted by atomic mass is 16.5. The van der Waals surface area contributed by atoms with Crippen LogP contribution in [0.1, 0.15) is 42.1 Å². The van der Waals surface area contributed by atoms with E-state index in [0.717, 1.165) is 24.2 Å². The van der Waals surface area contributed by atoms with Crippen LogP contribution in [-0.4, -0.2) is 57.2 Å². The van der Waals surface area contributed by atoms with Gasteiger partial charge < -0.3 is 19.3 Å². The van der Waals surface area contributed by atoms with E-state index in [1.165, 1.54) is 4.57 Å². The molecule has 0 radical (unpaired) electrons.